The largest absolute Gasteiger partial charge is 0.482 e. The van der Waals surface area contributed by atoms with E-state index in [1.54, 1.807) is 66.9 Å². The molecule has 2 N–H and O–H groups in total. The monoisotopic (exact) mass is 384 g/mol. The van der Waals surface area contributed by atoms with Crippen molar-refractivity contribution in [3.8, 4) is 5.75 Å². The van der Waals surface area contributed by atoms with Gasteiger partial charge in [0, 0.05) is 11.3 Å². The molecule has 1 heterocycles. The molecule has 3 rings (SSSR count). The summed E-state index contributed by atoms with van der Waals surface area (Å²) in [5.74, 6) is 0.555. The molecule has 0 aliphatic carbocycles. The third-order valence-corrected chi connectivity index (χ3v) is 3.94. The first-order valence-electron chi connectivity index (χ1n) is 8.19. The van der Waals surface area contributed by atoms with Crippen molar-refractivity contribution < 1.29 is 18.7 Å². The number of rotatable bonds is 7. The van der Waals surface area contributed by atoms with Gasteiger partial charge in [0.2, 0.25) is 0 Å². The maximum atomic E-state index is 12.1. The van der Waals surface area contributed by atoms with Crippen LogP contribution in [0.3, 0.4) is 0 Å². The van der Waals surface area contributed by atoms with E-state index in [4.69, 9.17) is 20.8 Å². The zero-order valence-corrected chi connectivity index (χ0v) is 15.0. The van der Waals surface area contributed by atoms with Gasteiger partial charge in [0.1, 0.15) is 11.5 Å². The van der Waals surface area contributed by atoms with Crippen molar-refractivity contribution in [3.05, 3.63) is 83.3 Å². The molecule has 7 heteroatoms. The van der Waals surface area contributed by atoms with E-state index in [1.165, 1.54) is 0 Å². The minimum atomic E-state index is -0.329. The van der Waals surface area contributed by atoms with Crippen LogP contribution in [-0.2, 0) is 11.3 Å². The summed E-state index contributed by atoms with van der Waals surface area (Å²) in [5.41, 5.74) is 1.04. The molecule has 1 aromatic heterocycles. The van der Waals surface area contributed by atoms with Crippen molar-refractivity contribution in [1.82, 2.24) is 5.32 Å². The van der Waals surface area contributed by atoms with Crippen LogP contribution in [0.2, 0.25) is 5.02 Å². The molecule has 6 nitrogen and oxygen atoms in total. The Labute approximate surface area is 161 Å². The van der Waals surface area contributed by atoms with Gasteiger partial charge in [0.15, 0.2) is 6.61 Å². The first-order chi connectivity index (χ1) is 13.1. The molecule has 0 saturated heterocycles. The molecule has 0 aliphatic heterocycles. The van der Waals surface area contributed by atoms with E-state index >= 15 is 0 Å². The number of furan rings is 1. The third kappa shape index (κ3) is 5.36. The summed E-state index contributed by atoms with van der Waals surface area (Å²) in [6.07, 6.45) is 1.55. The highest BCUT2D eigenvalue weighted by Crippen LogP contribution is 2.23. The summed E-state index contributed by atoms with van der Waals surface area (Å²) in [6, 6.07) is 17.0. The number of carbonyl (C=O) groups excluding carboxylic acids is 2. The molecule has 0 unspecified atom stereocenters. The summed E-state index contributed by atoms with van der Waals surface area (Å²) < 4.78 is 10.5. The Bertz CT molecular complexity index is 908. The zero-order chi connectivity index (χ0) is 19.1. The van der Waals surface area contributed by atoms with Gasteiger partial charge in [0.25, 0.3) is 11.8 Å². The second-order valence-electron chi connectivity index (χ2n) is 5.61. The Morgan fingerprint density at radius 3 is 2.48 bits per heavy atom. The van der Waals surface area contributed by atoms with Gasteiger partial charge in [-0.3, -0.25) is 9.59 Å². The van der Waals surface area contributed by atoms with Crippen LogP contribution in [0.15, 0.2) is 71.3 Å². The number of benzene rings is 2. The Balaban J connectivity index is 1.48. The predicted molar refractivity (Wildman–Crippen MR) is 102 cm³/mol. The number of nitrogens with one attached hydrogen (secondary N) is 2. The van der Waals surface area contributed by atoms with E-state index in [1.807, 2.05) is 0 Å². The van der Waals surface area contributed by atoms with Crippen LogP contribution in [0.4, 0.5) is 5.69 Å². The third-order valence-electron chi connectivity index (χ3n) is 3.63. The molecule has 0 radical (unpaired) electrons. The van der Waals surface area contributed by atoms with E-state index in [2.05, 4.69) is 10.6 Å². The van der Waals surface area contributed by atoms with Gasteiger partial charge >= 0.3 is 0 Å². The van der Waals surface area contributed by atoms with Crippen LogP contribution < -0.4 is 15.4 Å². The van der Waals surface area contributed by atoms with Crippen molar-refractivity contribution in [3.63, 3.8) is 0 Å². The summed E-state index contributed by atoms with van der Waals surface area (Å²) in [5, 5.41) is 5.89. The summed E-state index contributed by atoms with van der Waals surface area (Å²) in [7, 11) is 0. The van der Waals surface area contributed by atoms with Gasteiger partial charge < -0.3 is 19.8 Å². The topological polar surface area (TPSA) is 80.6 Å². The molecule has 0 atom stereocenters. The number of hydrogen-bond acceptors (Lipinski definition) is 4. The molecule has 0 aliphatic rings. The van der Waals surface area contributed by atoms with Gasteiger partial charge in [-0.2, -0.15) is 0 Å². The normalized spacial score (nSPS) is 10.3. The Morgan fingerprint density at radius 1 is 1.00 bits per heavy atom. The molecule has 138 valence electrons. The SMILES string of the molecule is O=C(COc1ccccc1Cl)Nc1ccc(C(=O)NCc2ccco2)cc1. The molecule has 27 heavy (non-hydrogen) atoms. The molecule has 2 aromatic carbocycles. The van der Waals surface area contributed by atoms with Crippen molar-refractivity contribution in [2.45, 2.75) is 6.54 Å². The summed E-state index contributed by atoms with van der Waals surface area (Å²) >= 11 is 5.97. The quantitative estimate of drug-likeness (QED) is 0.647. The van der Waals surface area contributed by atoms with Gasteiger partial charge in [-0.25, -0.2) is 0 Å². The van der Waals surface area contributed by atoms with Gasteiger partial charge in [0.05, 0.1) is 17.8 Å². The Hall–Kier alpha value is -3.25. The van der Waals surface area contributed by atoms with Crippen molar-refractivity contribution in [1.29, 1.82) is 0 Å². The lowest BCUT2D eigenvalue weighted by atomic mass is 10.2. The maximum Gasteiger partial charge on any atom is 0.262 e. The standard InChI is InChI=1S/C20H17ClN2O4/c21-17-5-1-2-6-18(17)27-13-19(24)23-15-9-7-14(8-10-15)20(25)22-12-16-4-3-11-26-16/h1-11H,12-13H2,(H,22,25)(H,23,24). The second kappa shape index (κ2) is 8.91. The van der Waals surface area contributed by atoms with Crippen LogP contribution in [0.1, 0.15) is 16.1 Å². The Kier molecular flexibility index (Phi) is 6.12. The van der Waals surface area contributed by atoms with E-state index in [9.17, 15) is 9.59 Å². The first kappa shape index (κ1) is 18.5. The average molecular weight is 385 g/mol. The lowest BCUT2D eigenvalue weighted by Gasteiger charge is -2.09. The number of ether oxygens (including phenoxy) is 1. The molecule has 2 amide bonds. The van der Waals surface area contributed by atoms with Crippen LogP contribution in [0, 0.1) is 0 Å². The number of carbonyl (C=O) groups is 2. The van der Waals surface area contributed by atoms with Crippen LogP contribution in [0.5, 0.6) is 5.75 Å². The lowest BCUT2D eigenvalue weighted by molar-refractivity contribution is -0.118. The number of anilines is 1. The van der Waals surface area contributed by atoms with Gasteiger partial charge in [-0.05, 0) is 48.5 Å². The summed E-state index contributed by atoms with van der Waals surface area (Å²) in [6.45, 7) is 0.138. The minimum Gasteiger partial charge on any atom is -0.482 e. The maximum absolute atomic E-state index is 12.1. The van der Waals surface area contributed by atoms with Crippen LogP contribution in [0.25, 0.3) is 0 Å². The molecule has 0 saturated carbocycles. The van der Waals surface area contributed by atoms with Crippen LogP contribution >= 0.6 is 11.6 Å². The predicted octanol–water partition coefficient (Wildman–Crippen LogP) is 3.88. The fourth-order valence-electron chi connectivity index (χ4n) is 2.29. The number of para-hydroxylation sites is 1. The van der Waals surface area contributed by atoms with E-state index in [0.29, 0.717) is 34.3 Å². The first-order valence-corrected chi connectivity index (χ1v) is 8.57. The van der Waals surface area contributed by atoms with E-state index in [0.717, 1.165) is 0 Å². The molecular weight excluding hydrogens is 368 g/mol. The summed E-state index contributed by atoms with van der Waals surface area (Å²) in [4.78, 5) is 24.1. The van der Waals surface area contributed by atoms with Gasteiger partial charge in [-0.1, -0.05) is 23.7 Å². The highest BCUT2D eigenvalue weighted by molar-refractivity contribution is 6.32. The van der Waals surface area contributed by atoms with Crippen LogP contribution in [-0.4, -0.2) is 18.4 Å². The molecule has 3 aromatic rings. The molecule has 0 bridgehead atoms. The van der Waals surface area contributed by atoms with E-state index < -0.39 is 0 Å². The zero-order valence-electron chi connectivity index (χ0n) is 14.3. The number of halogens is 1. The number of amides is 2. The van der Waals surface area contributed by atoms with Crippen molar-refractivity contribution in [2.24, 2.45) is 0 Å². The molecular formula is C20H17ClN2O4. The highest BCUT2D eigenvalue weighted by Gasteiger charge is 2.09. The van der Waals surface area contributed by atoms with Crippen molar-refractivity contribution in [2.75, 3.05) is 11.9 Å². The number of hydrogen-bond donors (Lipinski definition) is 2. The minimum absolute atomic E-state index is 0.172. The molecule has 0 spiro atoms. The highest BCUT2D eigenvalue weighted by atomic mass is 35.5. The molecule has 0 fully saturated rings. The van der Waals surface area contributed by atoms with Crippen molar-refractivity contribution >= 4 is 29.1 Å². The average Bonchev–Trinajstić information content (AvgIpc) is 3.20. The fourth-order valence-corrected chi connectivity index (χ4v) is 2.48. The Morgan fingerprint density at radius 2 is 1.78 bits per heavy atom. The second-order valence-corrected chi connectivity index (χ2v) is 6.01. The fraction of sp³-hybridized carbons (Fsp3) is 0.100. The van der Waals surface area contributed by atoms with E-state index in [-0.39, 0.29) is 18.4 Å². The smallest absolute Gasteiger partial charge is 0.262 e. The van der Waals surface area contributed by atoms with Gasteiger partial charge in [-0.15, -0.1) is 0 Å². The lowest BCUT2D eigenvalue weighted by Crippen LogP contribution is -2.23.